The van der Waals surface area contributed by atoms with E-state index in [9.17, 15) is 9.59 Å². The average Bonchev–Trinajstić information content (AvgIpc) is 2.56. The number of ether oxygens (including phenoxy) is 1. The Labute approximate surface area is 141 Å². The number of nitrogens with zero attached hydrogens (tertiary/aromatic N) is 2. The summed E-state index contributed by atoms with van der Waals surface area (Å²) in [6.45, 7) is 4.47. The largest absolute Gasteiger partial charge is 0.427 e. The fourth-order valence-corrected chi connectivity index (χ4v) is 2.22. The molecule has 1 aromatic heterocycles. The number of aromatic nitrogens is 1. The van der Waals surface area contributed by atoms with Crippen LogP contribution in [0.2, 0.25) is 0 Å². The number of carbonyl (C=O) groups excluding carboxylic acids is 2. The van der Waals surface area contributed by atoms with E-state index < -0.39 is 5.97 Å². The number of benzene rings is 1. The number of amides is 2. The van der Waals surface area contributed by atoms with Crippen LogP contribution < -0.4 is 10.1 Å². The summed E-state index contributed by atoms with van der Waals surface area (Å²) in [5.41, 5.74) is 1.72. The first-order chi connectivity index (χ1) is 11.6. The van der Waals surface area contributed by atoms with Crippen molar-refractivity contribution in [2.45, 2.75) is 20.3 Å². The van der Waals surface area contributed by atoms with Crippen LogP contribution in [0.15, 0.2) is 48.8 Å². The Kier molecular flexibility index (Phi) is 6.31. The van der Waals surface area contributed by atoms with Crippen LogP contribution in [0.3, 0.4) is 0 Å². The highest BCUT2D eigenvalue weighted by molar-refractivity contribution is 5.89. The molecule has 0 aliphatic rings. The number of anilines is 1. The summed E-state index contributed by atoms with van der Waals surface area (Å²) < 4.78 is 5.02. The van der Waals surface area contributed by atoms with Crippen molar-refractivity contribution in [2.75, 3.05) is 18.4 Å². The van der Waals surface area contributed by atoms with Crippen molar-refractivity contribution in [1.29, 1.82) is 0 Å². The highest BCUT2D eigenvalue weighted by atomic mass is 16.5. The number of hydrogen-bond donors (Lipinski definition) is 1. The summed E-state index contributed by atoms with van der Waals surface area (Å²) in [5.74, 6) is 0.00569. The lowest BCUT2D eigenvalue weighted by Gasteiger charge is -2.21. The van der Waals surface area contributed by atoms with E-state index in [1.807, 2.05) is 19.1 Å². The van der Waals surface area contributed by atoms with Crippen molar-refractivity contribution in [3.63, 3.8) is 0 Å². The third kappa shape index (κ3) is 5.39. The molecule has 0 unspecified atom stereocenters. The predicted molar refractivity (Wildman–Crippen MR) is 92.0 cm³/mol. The Balaban J connectivity index is 1.95. The number of carbonyl (C=O) groups is 2. The fraction of sp³-hybridized carbons (Fsp3) is 0.278. The van der Waals surface area contributed by atoms with Crippen LogP contribution in [0, 0.1) is 0 Å². The van der Waals surface area contributed by atoms with Gasteiger partial charge in [-0.2, -0.15) is 0 Å². The van der Waals surface area contributed by atoms with Gasteiger partial charge in [0.2, 0.25) is 0 Å². The van der Waals surface area contributed by atoms with Gasteiger partial charge in [-0.05, 0) is 43.2 Å². The van der Waals surface area contributed by atoms with Gasteiger partial charge in [0.15, 0.2) is 0 Å². The van der Waals surface area contributed by atoms with E-state index in [0.29, 0.717) is 24.5 Å². The second kappa shape index (κ2) is 8.67. The minimum absolute atomic E-state index is 0.188. The van der Waals surface area contributed by atoms with Gasteiger partial charge in [-0.15, -0.1) is 0 Å². The van der Waals surface area contributed by atoms with Gasteiger partial charge in [-0.3, -0.25) is 9.78 Å². The summed E-state index contributed by atoms with van der Waals surface area (Å²) in [7, 11) is 0. The zero-order valence-corrected chi connectivity index (χ0v) is 13.9. The van der Waals surface area contributed by atoms with E-state index in [1.165, 1.54) is 6.92 Å². The Bertz CT molecular complexity index is 689. The maximum Gasteiger partial charge on any atom is 0.321 e. The van der Waals surface area contributed by atoms with Gasteiger partial charge in [0.1, 0.15) is 5.75 Å². The van der Waals surface area contributed by atoms with Gasteiger partial charge in [-0.25, -0.2) is 4.79 Å². The normalized spacial score (nSPS) is 10.1. The predicted octanol–water partition coefficient (Wildman–Crippen LogP) is 3.10. The molecule has 0 spiro atoms. The van der Waals surface area contributed by atoms with Crippen LogP contribution in [-0.2, 0) is 11.2 Å². The van der Waals surface area contributed by atoms with Gasteiger partial charge in [0.25, 0.3) is 0 Å². The lowest BCUT2D eigenvalue weighted by atomic mass is 10.2. The van der Waals surface area contributed by atoms with Crippen LogP contribution in [0.4, 0.5) is 10.5 Å². The highest BCUT2D eigenvalue weighted by Crippen LogP contribution is 2.18. The topological polar surface area (TPSA) is 71.5 Å². The van der Waals surface area contributed by atoms with Gasteiger partial charge in [-0.1, -0.05) is 6.07 Å². The molecule has 1 aromatic carbocycles. The van der Waals surface area contributed by atoms with Crippen molar-refractivity contribution in [3.05, 3.63) is 54.4 Å². The van der Waals surface area contributed by atoms with Crippen molar-refractivity contribution in [2.24, 2.45) is 0 Å². The highest BCUT2D eigenvalue weighted by Gasteiger charge is 2.12. The first-order valence-electron chi connectivity index (χ1n) is 7.82. The number of esters is 1. The number of nitrogens with one attached hydrogen (secondary N) is 1. The minimum Gasteiger partial charge on any atom is -0.427 e. The molecular weight excluding hydrogens is 306 g/mol. The zero-order valence-electron chi connectivity index (χ0n) is 13.9. The van der Waals surface area contributed by atoms with E-state index >= 15 is 0 Å². The van der Waals surface area contributed by atoms with Gasteiger partial charge >= 0.3 is 12.0 Å². The second-order valence-corrected chi connectivity index (χ2v) is 5.24. The molecule has 1 N–H and O–H groups in total. The van der Waals surface area contributed by atoms with Gasteiger partial charge < -0.3 is 15.0 Å². The number of pyridine rings is 1. The monoisotopic (exact) mass is 327 g/mol. The average molecular weight is 327 g/mol. The van der Waals surface area contributed by atoms with Crippen molar-refractivity contribution in [1.82, 2.24) is 9.88 Å². The molecule has 2 amide bonds. The van der Waals surface area contributed by atoms with Crippen molar-refractivity contribution >= 4 is 17.7 Å². The summed E-state index contributed by atoms with van der Waals surface area (Å²) in [5, 5.41) is 2.83. The van der Waals surface area contributed by atoms with Crippen LogP contribution in [0.5, 0.6) is 5.75 Å². The van der Waals surface area contributed by atoms with E-state index in [0.717, 1.165) is 12.0 Å². The van der Waals surface area contributed by atoms with Gasteiger partial charge in [0.05, 0.1) is 0 Å². The molecule has 24 heavy (non-hydrogen) atoms. The maximum absolute atomic E-state index is 12.4. The van der Waals surface area contributed by atoms with E-state index in [4.69, 9.17) is 4.74 Å². The molecule has 6 nitrogen and oxygen atoms in total. The molecule has 0 radical (unpaired) electrons. The molecule has 2 aromatic rings. The van der Waals surface area contributed by atoms with Crippen LogP contribution in [-0.4, -0.2) is 35.0 Å². The van der Waals surface area contributed by atoms with Gasteiger partial charge in [0, 0.05) is 44.2 Å². The first kappa shape index (κ1) is 17.5. The molecule has 6 heteroatoms. The molecule has 0 fully saturated rings. The Hall–Kier alpha value is -2.89. The number of urea groups is 1. The smallest absolute Gasteiger partial charge is 0.321 e. The summed E-state index contributed by atoms with van der Waals surface area (Å²) >= 11 is 0. The third-order valence-corrected chi connectivity index (χ3v) is 3.44. The lowest BCUT2D eigenvalue weighted by molar-refractivity contribution is -0.131. The molecule has 1 heterocycles. The minimum atomic E-state index is -0.397. The Morgan fingerprint density at radius 3 is 2.62 bits per heavy atom. The summed E-state index contributed by atoms with van der Waals surface area (Å²) in [4.78, 5) is 29.1. The summed E-state index contributed by atoms with van der Waals surface area (Å²) in [6, 6.07) is 10.4. The molecule has 0 bridgehead atoms. The fourth-order valence-electron chi connectivity index (χ4n) is 2.22. The zero-order chi connectivity index (χ0) is 17.4. The number of likely N-dealkylation sites (N-methyl/N-ethyl adjacent to an activating group) is 1. The van der Waals surface area contributed by atoms with Crippen molar-refractivity contribution in [3.8, 4) is 5.75 Å². The lowest BCUT2D eigenvalue weighted by Crippen LogP contribution is -2.36. The third-order valence-electron chi connectivity index (χ3n) is 3.44. The van der Waals surface area contributed by atoms with Crippen LogP contribution >= 0.6 is 0 Å². The molecular formula is C18H21N3O3. The molecule has 0 atom stereocenters. The molecule has 126 valence electrons. The first-order valence-corrected chi connectivity index (χ1v) is 7.82. The molecule has 2 rings (SSSR count). The van der Waals surface area contributed by atoms with E-state index in [2.05, 4.69) is 10.3 Å². The maximum atomic E-state index is 12.4. The van der Waals surface area contributed by atoms with Crippen molar-refractivity contribution < 1.29 is 14.3 Å². The number of rotatable bonds is 6. The Morgan fingerprint density at radius 1 is 1.21 bits per heavy atom. The molecule has 0 aliphatic heterocycles. The SMILES string of the molecule is CCN(CCc1ccncc1)C(=O)Nc1cccc(OC(C)=O)c1. The van der Waals surface area contributed by atoms with E-state index in [1.54, 1.807) is 41.6 Å². The van der Waals surface area contributed by atoms with Crippen LogP contribution in [0.25, 0.3) is 0 Å². The second-order valence-electron chi connectivity index (χ2n) is 5.24. The molecule has 0 aliphatic carbocycles. The Morgan fingerprint density at radius 2 is 1.96 bits per heavy atom. The van der Waals surface area contributed by atoms with Crippen LogP contribution in [0.1, 0.15) is 19.4 Å². The standard InChI is InChI=1S/C18H21N3O3/c1-3-21(12-9-15-7-10-19-11-8-15)18(23)20-16-5-4-6-17(13-16)24-14(2)22/h4-8,10-11,13H,3,9,12H2,1-2H3,(H,20,23). The quantitative estimate of drug-likeness (QED) is 0.654. The van der Waals surface area contributed by atoms with E-state index in [-0.39, 0.29) is 6.03 Å². The number of hydrogen-bond acceptors (Lipinski definition) is 4. The molecule has 0 saturated heterocycles. The molecule has 0 saturated carbocycles. The summed E-state index contributed by atoms with van der Waals surface area (Å²) in [6.07, 6.45) is 4.25.